The van der Waals surface area contributed by atoms with Crippen molar-refractivity contribution in [2.45, 2.75) is 37.4 Å². The van der Waals surface area contributed by atoms with Crippen LogP contribution in [0.25, 0.3) is 0 Å². The van der Waals surface area contributed by atoms with Crippen LogP contribution in [-0.4, -0.2) is 17.0 Å². The van der Waals surface area contributed by atoms with E-state index in [9.17, 15) is 0 Å². The molecule has 0 saturated carbocycles. The van der Waals surface area contributed by atoms with Gasteiger partial charge in [0.15, 0.2) is 5.16 Å². The van der Waals surface area contributed by atoms with Crippen molar-refractivity contribution < 1.29 is 0 Å². The van der Waals surface area contributed by atoms with E-state index < -0.39 is 0 Å². The summed E-state index contributed by atoms with van der Waals surface area (Å²) in [4.78, 5) is 10.3. The lowest BCUT2D eigenvalue weighted by Crippen LogP contribution is -2.06. The molecule has 0 saturated heterocycles. The zero-order valence-corrected chi connectivity index (χ0v) is 12.6. The zero-order valence-electron chi connectivity index (χ0n) is 11.8. The first kappa shape index (κ1) is 14.0. The second-order valence-corrected chi connectivity index (χ2v) is 5.55. The molecule has 0 aliphatic rings. The molecule has 1 aromatic heterocycles. The van der Waals surface area contributed by atoms with Gasteiger partial charge in [-0.1, -0.05) is 18.2 Å². The van der Waals surface area contributed by atoms with Crippen LogP contribution in [0.15, 0.2) is 34.3 Å². The number of nitrogens with zero attached hydrogens (tertiary/aromatic N) is 2. The van der Waals surface area contributed by atoms with Crippen LogP contribution in [0, 0.1) is 20.8 Å². The van der Waals surface area contributed by atoms with E-state index in [1.165, 1.54) is 16.0 Å². The molecule has 3 nitrogen and oxygen atoms in total. The number of benzene rings is 1. The maximum atomic E-state index is 4.56. The molecular weight excluding hydrogens is 254 g/mol. The molecule has 1 aromatic carbocycles. The predicted molar refractivity (Wildman–Crippen MR) is 79.6 cm³/mol. The molecule has 4 heteroatoms. The molecule has 0 amide bonds. The third-order valence-corrected chi connectivity index (χ3v) is 4.14. The van der Waals surface area contributed by atoms with Crippen LogP contribution in [0.3, 0.4) is 0 Å². The Balaban J connectivity index is 2.31. The maximum absolute atomic E-state index is 4.56. The summed E-state index contributed by atoms with van der Waals surface area (Å²) in [6.07, 6.45) is 0. The summed E-state index contributed by atoms with van der Waals surface area (Å²) >= 11 is 1.63. The van der Waals surface area contributed by atoms with Gasteiger partial charge in [0.25, 0.3) is 0 Å². The van der Waals surface area contributed by atoms with Gasteiger partial charge in [0.2, 0.25) is 0 Å². The minimum absolute atomic E-state index is 0.823. The highest BCUT2D eigenvalue weighted by Gasteiger charge is 2.08. The average molecular weight is 273 g/mol. The molecule has 2 rings (SSSR count). The van der Waals surface area contributed by atoms with Gasteiger partial charge in [-0.3, -0.25) is 0 Å². The quantitative estimate of drug-likeness (QED) is 0.868. The third kappa shape index (κ3) is 3.33. The summed E-state index contributed by atoms with van der Waals surface area (Å²) in [5, 5.41) is 4.01. The lowest BCUT2D eigenvalue weighted by atomic mass is 10.2. The van der Waals surface area contributed by atoms with Crippen molar-refractivity contribution in [2.75, 3.05) is 7.05 Å². The molecule has 0 bridgehead atoms. The number of nitrogens with one attached hydrogen (secondary N) is 1. The molecule has 19 heavy (non-hydrogen) atoms. The SMILES string of the molecule is CNCc1ccccc1Sc1nc(C)c(C)c(C)n1. The van der Waals surface area contributed by atoms with Gasteiger partial charge in [0.05, 0.1) is 0 Å². The molecule has 0 aliphatic carbocycles. The number of aryl methyl sites for hydroxylation is 2. The lowest BCUT2D eigenvalue weighted by Gasteiger charge is -2.10. The molecule has 0 atom stereocenters. The Morgan fingerprint density at radius 2 is 1.68 bits per heavy atom. The lowest BCUT2D eigenvalue weighted by molar-refractivity contribution is 0.802. The average Bonchev–Trinajstić information content (AvgIpc) is 2.38. The smallest absolute Gasteiger partial charge is 0.192 e. The molecule has 0 unspecified atom stereocenters. The van der Waals surface area contributed by atoms with Crippen LogP contribution >= 0.6 is 11.8 Å². The van der Waals surface area contributed by atoms with Gasteiger partial charge >= 0.3 is 0 Å². The van der Waals surface area contributed by atoms with Crippen molar-refractivity contribution in [3.8, 4) is 0 Å². The van der Waals surface area contributed by atoms with Gasteiger partial charge in [-0.15, -0.1) is 0 Å². The van der Waals surface area contributed by atoms with E-state index in [2.05, 4.69) is 46.5 Å². The highest BCUT2D eigenvalue weighted by atomic mass is 32.2. The minimum Gasteiger partial charge on any atom is -0.316 e. The first-order chi connectivity index (χ1) is 9.11. The molecule has 1 N–H and O–H groups in total. The Bertz CT molecular complexity index is 558. The van der Waals surface area contributed by atoms with Gasteiger partial charge in [-0.25, -0.2) is 9.97 Å². The summed E-state index contributed by atoms with van der Waals surface area (Å²) in [6.45, 7) is 6.99. The second kappa shape index (κ2) is 6.17. The first-order valence-electron chi connectivity index (χ1n) is 6.34. The molecule has 1 heterocycles. The molecule has 2 aromatic rings. The Kier molecular flexibility index (Phi) is 4.56. The van der Waals surface area contributed by atoms with Crippen molar-refractivity contribution >= 4 is 11.8 Å². The zero-order chi connectivity index (χ0) is 13.8. The van der Waals surface area contributed by atoms with Gasteiger partial charge < -0.3 is 5.32 Å². The molecule has 0 fully saturated rings. The maximum Gasteiger partial charge on any atom is 0.192 e. The summed E-state index contributed by atoms with van der Waals surface area (Å²) < 4.78 is 0. The number of rotatable bonds is 4. The highest BCUT2D eigenvalue weighted by Crippen LogP contribution is 2.28. The first-order valence-corrected chi connectivity index (χ1v) is 7.15. The minimum atomic E-state index is 0.823. The predicted octanol–water partition coefficient (Wildman–Crippen LogP) is 3.27. The largest absolute Gasteiger partial charge is 0.316 e. The second-order valence-electron chi connectivity index (χ2n) is 4.54. The van der Waals surface area contributed by atoms with E-state index in [4.69, 9.17) is 0 Å². The van der Waals surface area contributed by atoms with Gasteiger partial charge in [0, 0.05) is 22.8 Å². The Morgan fingerprint density at radius 1 is 1.05 bits per heavy atom. The Morgan fingerprint density at radius 3 is 2.32 bits per heavy atom. The van der Waals surface area contributed by atoms with Crippen molar-refractivity contribution in [3.05, 3.63) is 46.8 Å². The molecule has 0 radical (unpaired) electrons. The summed E-state index contributed by atoms with van der Waals surface area (Å²) in [7, 11) is 1.96. The van der Waals surface area contributed by atoms with E-state index >= 15 is 0 Å². The standard InChI is InChI=1S/C15H19N3S/c1-10-11(2)17-15(18-12(10)3)19-14-8-6-5-7-13(14)9-16-4/h5-8,16H,9H2,1-4H3. The van der Waals surface area contributed by atoms with Gasteiger partial charge in [0.1, 0.15) is 0 Å². The summed E-state index contributed by atoms with van der Waals surface area (Å²) in [6, 6.07) is 8.36. The molecule has 0 aliphatic heterocycles. The number of hydrogen-bond donors (Lipinski definition) is 1. The molecule has 0 spiro atoms. The van der Waals surface area contributed by atoms with Crippen molar-refractivity contribution in [1.82, 2.24) is 15.3 Å². The Hall–Kier alpha value is -1.39. The number of aromatic nitrogens is 2. The van der Waals surface area contributed by atoms with E-state index in [-0.39, 0.29) is 0 Å². The van der Waals surface area contributed by atoms with Gasteiger partial charge in [-0.05, 0) is 56.8 Å². The fraction of sp³-hybridized carbons (Fsp3) is 0.333. The van der Waals surface area contributed by atoms with E-state index in [0.29, 0.717) is 0 Å². The van der Waals surface area contributed by atoms with Crippen LogP contribution in [0.2, 0.25) is 0 Å². The Labute approximate surface area is 118 Å². The van der Waals surface area contributed by atoms with E-state index in [1.54, 1.807) is 11.8 Å². The monoisotopic (exact) mass is 273 g/mol. The summed E-state index contributed by atoms with van der Waals surface area (Å²) in [5.74, 6) is 0. The molecular formula is C15H19N3S. The van der Waals surface area contributed by atoms with Crippen molar-refractivity contribution in [3.63, 3.8) is 0 Å². The van der Waals surface area contributed by atoms with Crippen molar-refractivity contribution in [2.24, 2.45) is 0 Å². The fourth-order valence-corrected chi connectivity index (χ4v) is 2.81. The number of hydrogen-bond acceptors (Lipinski definition) is 4. The van der Waals surface area contributed by atoms with E-state index in [0.717, 1.165) is 23.1 Å². The molecule has 100 valence electrons. The fourth-order valence-electron chi connectivity index (χ4n) is 1.83. The van der Waals surface area contributed by atoms with Crippen LogP contribution in [0.4, 0.5) is 0 Å². The highest BCUT2D eigenvalue weighted by molar-refractivity contribution is 7.99. The van der Waals surface area contributed by atoms with E-state index in [1.807, 2.05) is 20.9 Å². The van der Waals surface area contributed by atoms with Gasteiger partial charge in [-0.2, -0.15) is 0 Å². The van der Waals surface area contributed by atoms with Crippen LogP contribution in [-0.2, 0) is 6.54 Å². The van der Waals surface area contributed by atoms with Crippen LogP contribution in [0.5, 0.6) is 0 Å². The topological polar surface area (TPSA) is 37.8 Å². The summed E-state index contributed by atoms with van der Waals surface area (Å²) in [5.41, 5.74) is 4.56. The van der Waals surface area contributed by atoms with Crippen molar-refractivity contribution in [1.29, 1.82) is 0 Å². The van der Waals surface area contributed by atoms with Crippen LogP contribution in [0.1, 0.15) is 22.5 Å². The van der Waals surface area contributed by atoms with Crippen LogP contribution < -0.4 is 5.32 Å². The normalized spacial score (nSPS) is 10.7. The third-order valence-electron chi connectivity index (χ3n) is 3.15.